The van der Waals surface area contributed by atoms with Gasteiger partial charge in [0.05, 0.1) is 0 Å². The van der Waals surface area contributed by atoms with Gasteiger partial charge in [0.25, 0.3) is 0 Å². The summed E-state index contributed by atoms with van der Waals surface area (Å²) in [5, 5.41) is 0. The molecule has 0 bridgehead atoms. The minimum absolute atomic E-state index is 0.253. The van der Waals surface area contributed by atoms with Crippen LogP contribution in [0.3, 0.4) is 0 Å². The lowest BCUT2D eigenvalue weighted by molar-refractivity contribution is 0.0934. The Morgan fingerprint density at radius 2 is 1.94 bits per heavy atom. The summed E-state index contributed by atoms with van der Waals surface area (Å²) in [7, 11) is 1.72. The molecule has 1 heterocycles. The summed E-state index contributed by atoms with van der Waals surface area (Å²) < 4.78 is 10.4. The molecule has 4 nitrogen and oxygen atoms in total. The van der Waals surface area contributed by atoms with E-state index in [4.69, 9.17) is 9.47 Å². The third kappa shape index (κ3) is 3.47. The lowest BCUT2D eigenvalue weighted by Crippen LogP contribution is -2.40. The molecule has 0 radical (unpaired) electrons. The van der Waals surface area contributed by atoms with Crippen molar-refractivity contribution in [3.8, 4) is 5.75 Å². The summed E-state index contributed by atoms with van der Waals surface area (Å²) in [4.78, 5) is 13.7. The van der Waals surface area contributed by atoms with Gasteiger partial charge in [0, 0.05) is 26.8 Å². The van der Waals surface area contributed by atoms with Crippen LogP contribution < -0.4 is 4.74 Å². The second-order valence-corrected chi connectivity index (χ2v) is 4.57. The van der Waals surface area contributed by atoms with E-state index in [1.54, 1.807) is 24.1 Å². The molecule has 1 amide bonds. The highest BCUT2D eigenvalue weighted by Crippen LogP contribution is 2.19. The van der Waals surface area contributed by atoms with Gasteiger partial charge >= 0.3 is 6.09 Å². The first-order valence-corrected chi connectivity index (χ1v) is 6.30. The van der Waals surface area contributed by atoms with Crippen molar-refractivity contribution in [2.75, 3.05) is 26.8 Å². The molecular weight excluding hydrogens is 230 g/mol. The quantitative estimate of drug-likeness (QED) is 0.826. The lowest BCUT2D eigenvalue weighted by Gasteiger charge is -2.30. The summed E-state index contributed by atoms with van der Waals surface area (Å²) in [5.74, 6) is 1.16. The summed E-state index contributed by atoms with van der Waals surface area (Å²) >= 11 is 0. The molecule has 2 rings (SSSR count). The number of carbonyl (C=O) groups is 1. The minimum atomic E-state index is -0.253. The van der Waals surface area contributed by atoms with Crippen molar-refractivity contribution >= 4 is 6.09 Å². The highest BCUT2D eigenvalue weighted by Gasteiger charge is 2.23. The smallest absolute Gasteiger partial charge is 0.410 e. The molecule has 98 valence electrons. The molecule has 0 unspecified atom stereocenters. The maximum atomic E-state index is 11.9. The fourth-order valence-corrected chi connectivity index (χ4v) is 2.17. The lowest BCUT2D eigenvalue weighted by atomic mass is 9.98. The molecular formula is C14H19NO3. The van der Waals surface area contributed by atoms with Crippen molar-refractivity contribution in [2.24, 2.45) is 5.92 Å². The van der Waals surface area contributed by atoms with Crippen molar-refractivity contribution in [2.45, 2.75) is 12.8 Å². The van der Waals surface area contributed by atoms with Crippen molar-refractivity contribution < 1.29 is 14.3 Å². The van der Waals surface area contributed by atoms with Crippen LogP contribution in [0.1, 0.15) is 12.8 Å². The van der Waals surface area contributed by atoms with Crippen molar-refractivity contribution in [1.82, 2.24) is 4.90 Å². The Morgan fingerprint density at radius 3 is 2.56 bits per heavy atom. The number of hydrogen-bond acceptors (Lipinski definition) is 3. The van der Waals surface area contributed by atoms with Gasteiger partial charge in [-0.3, -0.25) is 0 Å². The van der Waals surface area contributed by atoms with Crippen molar-refractivity contribution in [3.63, 3.8) is 0 Å². The molecule has 1 aliphatic heterocycles. The first-order chi connectivity index (χ1) is 8.79. The number of para-hydroxylation sites is 1. The number of nitrogens with zero attached hydrogens (tertiary/aromatic N) is 1. The van der Waals surface area contributed by atoms with Gasteiger partial charge in [0.2, 0.25) is 0 Å². The minimum Gasteiger partial charge on any atom is -0.410 e. The van der Waals surface area contributed by atoms with Gasteiger partial charge < -0.3 is 14.4 Å². The molecule has 1 saturated heterocycles. The van der Waals surface area contributed by atoms with E-state index >= 15 is 0 Å². The van der Waals surface area contributed by atoms with Gasteiger partial charge in [-0.25, -0.2) is 4.79 Å². The van der Waals surface area contributed by atoms with Gasteiger partial charge in [-0.15, -0.1) is 0 Å². The second-order valence-electron chi connectivity index (χ2n) is 4.57. The van der Waals surface area contributed by atoms with Gasteiger partial charge in [-0.05, 0) is 30.9 Å². The van der Waals surface area contributed by atoms with E-state index in [0.717, 1.165) is 32.5 Å². The normalized spacial score (nSPS) is 16.6. The van der Waals surface area contributed by atoms with E-state index in [1.165, 1.54) is 0 Å². The van der Waals surface area contributed by atoms with Crippen LogP contribution in [0, 0.1) is 5.92 Å². The van der Waals surface area contributed by atoms with Crippen LogP contribution in [0.15, 0.2) is 30.3 Å². The predicted octanol–water partition coefficient (Wildman–Crippen LogP) is 2.54. The van der Waals surface area contributed by atoms with Crippen molar-refractivity contribution in [3.05, 3.63) is 30.3 Å². The molecule has 1 aliphatic rings. The number of amides is 1. The molecule has 0 aromatic heterocycles. The van der Waals surface area contributed by atoms with E-state index in [0.29, 0.717) is 11.7 Å². The molecule has 4 heteroatoms. The molecule has 1 fully saturated rings. The summed E-state index contributed by atoms with van der Waals surface area (Å²) in [6.45, 7) is 2.28. The maximum Gasteiger partial charge on any atom is 0.415 e. The molecule has 0 saturated carbocycles. The van der Waals surface area contributed by atoms with Crippen LogP contribution in [0.5, 0.6) is 5.75 Å². The molecule has 0 aliphatic carbocycles. The fourth-order valence-electron chi connectivity index (χ4n) is 2.17. The van der Waals surface area contributed by atoms with Crippen LogP contribution in [-0.2, 0) is 4.74 Å². The van der Waals surface area contributed by atoms with Gasteiger partial charge in [0.15, 0.2) is 0 Å². The molecule has 1 aromatic carbocycles. The Hall–Kier alpha value is -1.55. The summed E-state index contributed by atoms with van der Waals surface area (Å²) in [6, 6.07) is 9.18. The van der Waals surface area contributed by atoms with Crippen LogP contribution in [0.2, 0.25) is 0 Å². The van der Waals surface area contributed by atoms with E-state index in [-0.39, 0.29) is 6.09 Å². The molecule has 0 N–H and O–H groups in total. The zero-order valence-electron chi connectivity index (χ0n) is 10.7. The Labute approximate surface area is 107 Å². The average molecular weight is 249 g/mol. The average Bonchev–Trinajstić information content (AvgIpc) is 2.41. The van der Waals surface area contributed by atoms with Gasteiger partial charge in [-0.1, -0.05) is 18.2 Å². The Kier molecular flexibility index (Phi) is 4.59. The standard InChI is InChI=1S/C14H19NO3/c1-17-11-12-7-9-15(10-8-12)14(16)18-13-5-3-2-4-6-13/h2-6,12H,7-11H2,1H3. The molecule has 1 aromatic rings. The SMILES string of the molecule is COCC1CCN(C(=O)Oc2ccccc2)CC1. The first kappa shape index (κ1) is 12.9. The van der Waals surface area contributed by atoms with Gasteiger partial charge in [-0.2, -0.15) is 0 Å². The number of hydrogen-bond donors (Lipinski definition) is 0. The highest BCUT2D eigenvalue weighted by molar-refractivity contribution is 5.70. The number of rotatable bonds is 3. The third-order valence-electron chi connectivity index (χ3n) is 3.22. The Morgan fingerprint density at radius 1 is 1.28 bits per heavy atom. The number of ether oxygens (including phenoxy) is 2. The Bertz CT molecular complexity index is 372. The highest BCUT2D eigenvalue weighted by atomic mass is 16.6. The van der Waals surface area contributed by atoms with Crippen LogP contribution in [0.4, 0.5) is 4.79 Å². The largest absolute Gasteiger partial charge is 0.415 e. The second kappa shape index (κ2) is 6.40. The van der Waals surface area contributed by atoms with E-state index < -0.39 is 0 Å². The predicted molar refractivity (Wildman–Crippen MR) is 68.6 cm³/mol. The molecule has 18 heavy (non-hydrogen) atoms. The van der Waals surface area contributed by atoms with Crippen LogP contribution in [0.25, 0.3) is 0 Å². The maximum absolute atomic E-state index is 11.9. The summed E-state index contributed by atoms with van der Waals surface area (Å²) in [6.07, 6.45) is 1.72. The number of carbonyl (C=O) groups excluding carboxylic acids is 1. The Balaban J connectivity index is 1.81. The first-order valence-electron chi connectivity index (χ1n) is 6.30. The molecule has 0 spiro atoms. The molecule has 0 atom stereocenters. The zero-order chi connectivity index (χ0) is 12.8. The fraction of sp³-hybridized carbons (Fsp3) is 0.500. The van der Waals surface area contributed by atoms with E-state index in [2.05, 4.69) is 0 Å². The zero-order valence-corrected chi connectivity index (χ0v) is 10.7. The van der Waals surface area contributed by atoms with Gasteiger partial charge in [0.1, 0.15) is 5.75 Å². The monoisotopic (exact) mass is 249 g/mol. The van der Waals surface area contributed by atoms with E-state index in [1.807, 2.05) is 18.2 Å². The van der Waals surface area contributed by atoms with Crippen LogP contribution >= 0.6 is 0 Å². The van der Waals surface area contributed by atoms with Crippen molar-refractivity contribution in [1.29, 1.82) is 0 Å². The number of benzene rings is 1. The third-order valence-corrected chi connectivity index (χ3v) is 3.22. The summed E-state index contributed by atoms with van der Waals surface area (Å²) in [5.41, 5.74) is 0. The van der Waals surface area contributed by atoms with E-state index in [9.17, 15) is 4.79 Å². The number of likely N-dealkylation sites (tertiary alicyclic amines) is 1. The number of methoxy groups -OCH3 is 1. The van der Waals surface area contributed by atoms with Crippen LogP contribution in [-0.4, -0.2) is 37.8 Å². The number of piperidine rings is 1. The topological polar surface area (TPSA) is 38.8 Å².